The van der Waals surface area contributed by atoms with Gasteiger partial charge in [0.25, 0.3) is 5.91 Å². The Morgan fingerprint density at radius 2 is 2.04 bits per heavy atom. The summed E-state index contributed by atoms with van der Waals surface area (Å²) in [4.78, 5) is 15.0. The number of furan rings is 1. The van der Waals surface area contributed by atoms with Crippen molar-refractivity contribution < 1.29 is 23.2 Å². The third-order valence-electron chi connectivity index (χ3n) is 2.72. The number of amides is 1. The Morgan fingerprint density at radius 3 is 2.58 bits per heavy atom. The maximum absolute atomic E-state index is 12.4. The predicted molar refractivity (Wildman–Crippen MR) is 82.8 cm³/mol. The molecular weight excluding hydrogens is 341 g/mol. The van der Waals surface area contributed by atoms with E-state index in [-0.39, 0.29) is 30.1 Å². The number of aliphatic hydroxyl groups excluding tert-OH is 1. The number of benzene rings is 1. The van der Waals surface area contributed by atoms with Gasteiger partial charge in [0.1, 0.15) is 5.82 Å². The lowest BCUT2D eigenvalue weighted by Crippen LogP contribution is -2.26. The van der Waals surface area contributed by atoms with Gasteiger partial charge in [0.15, 0.2) is 0 Å². The molecule has 0 aliphatic rings. The van der Waals surface area contributed by atoms with E-state index in [0.29, 0.717) is 17.0 Å². The van der Waals surface area contributed by atoms with Crippen molar-refractivity contribution >= 4 is 17.5 Å². The van der Waals surface area contributed by atoms with Crippen LogP contribution in [0.2, 0.25) is 5.22 Å². The van der Waals surface area contributed by atoms with Crippen molar-refractivity contribution in [3.63, 3.8) is 0 Å². The predicted octanol–water partition coefficient (Wildman–Crippen LogP) is 2.53. The summed E-state index contributed by atoms with van der Waals surface area (Å²) >= 11 is 5.64. The zero-order chi connectivity index (χ0) is 17.4. The van der Waals surface area contributed by atoms with Gasteiger partial charge in [0.05, 0.1) is 18.4 Å². The molecule has 0 fully saturated rings. The first-order valence-electron chi connectivity index (χ1n) is 6.76. The lowest BCUT2D eigenvalue weighted by atomic mass is 10.2. The summed E-state index contributed by atoms with van der Waals surface area (Å²) in [6.45, 7) is 0.100. The molecule has 9 heteroatoms. The molecule has 0 saturated carbocycles. The standard InChI is InChI=1S/C9H10FNO2.C6H3ClN2O2/c10-8-3-1-7(2-4-8)9(13)11-5-6-12;7-5-4(1-2-10-5)6-8-3-11-9-6/h1-4,12H,5-6H2,(H,11,13);1-3H. The van der Waals surface area contributed by atoms with Gasteiger partial charge in [-0.15, -0.1) is 0 Å². The Bertz CT molecular complexity index is 759. The maximum Gasteiger partial charge on any atom is 0.251 e. The van der Waals surface area contributed by atoms with Crippen molar-refractivity contribution in [2.24, 2.45) is 0 Å². The third-order valence-corrected chi connectivity index (χ3v) is 3.02. The second kappa shape index (κ2) is 8.80. The molecule has 1 aromatic carbocycles. The van der Waals surface area contributed by atoms with Gasteiger partial charge >= 0.3 is 0 Å². The molecule has 0 bridgehead atoms. The average Bonchev–Trinajstić information content (AvgIpc) is 3.25. The van der Waals surface area contributed by atoms with Gasteiger partial charge in [-0.05, 0) is 41.9 Å². The van der Waals surface area contributed by atoms with Gasteiger partial charge in [-0.1, -0.05) is 5.16 Å². The van der Waals surface area contributed by atoms with Crippen molar-refractivity contribution in [1.29, 1.82) is 0 Å². The molecule has 0 aliphatic carbocycles. The molecule has 0 radical (unpaired) electrons. The summed E-state index contributed by atoms with van der Waals surface area (Å²) in [5, 5.41) is 14.7. The average molecular weight is 354 g/mol. The normalized spacial score (nSPS) is 9.96. The van der Waals surface area contributed by atoms with E-state index in [1.807, 2.05) is 0 Å². The number of aliphatic hydroxyl groups is 1. The number of hydrogen-bond acceptors (Lipinski definition) is 6. The molecule has 126 valence electrons. The highest BCUT2D eigenvalue weighted by molar-refractivity contribution is 6.31. The maximum atomic E-state index is 12.4. The van der Waals surface area contributed by atoms with E-state index in [4.69, 9.17) is 21.1 Å². The van der Waals surface area contributed by atoms with Crippen LogP contribution < -0.4 is 5.32 Å². The molecule has 24 heavy (non-hydrogen) atoms. The van der Waals surface area contributed by atoms with Gasteiger partial charge in [0.2, 0.25) is 17.4 Å². The first kappa shape index (κ1) is 17.6. The molecule has 2 N–H and O–H groups in total. The van der Waals surface area contributed by atoms with Gasteiger partial charge in [-0.25, -0.2) is 4.39 Å². The van der Waals surface area contributed by atoms with Crippen LogP contribution in [0.15, 0.2) is 51.9 Å². The molecule has 2 heterocycles. The topological polar surface area (TPSA) is 101 Å². The Balaban J connectivity index is 0.000000175. The van der Waals surface area contributed by atoms with Crippen LogP contribution in [0.3, 0.4) is 0 Å². The second-order valence-electron chi connectivity index (χ2n) is 4.35. The number of rotatable bonds is 4. The van der Waals surface area contributed by atoms with Crippen molar-refractivity contribution in [2.45, 2.75) is 0 Å². The van der Waals surface area contributed by atoms with Crippen molar-refractivity contribution in [3.8, 4) is 11.4 Å². The molecule has 0 aliphatic heterocycles. The number of hydrogen-bond donors (Lipinski definition) is 2. The number of carbonyl (C=O) groups excluding carboxylic acids is 1. The summed E-state index contributed by atoms with van der Waals surface area (Å²) in [5.74, 6) is -0.253. The molecule has 0 unspecified atom stereocenters. The smallest absolute Gasteiger partial charge is 0.251 e. The molecular formula is C15H13ClFN3O4. The van der Waals surface area contributed by atoms with Gasteiger partial charge < -0.3 is 19.4 Å². The minimum absolute atomic E-state index is 0.104. The van der Waals surface area contributed by atoms with Crippen molar-refractivity contribution in [3.05, 3.63) is 59.6 Å². The highest BCUT2D eigenvalue weighted by atomic mass is 35.5. The Kier molecular flexibility index (Phi) is 6.47. The monoisotopic (exact) mass is 353 g/mol. The van der Waals surface area contributed by atoms with Crippen LogP contribution >= 0.6 is 11.6 Å². The Labute approximate surface area is 141 Å². The second-order valence-corrected chi connectivity index (χ2v) is 4.69. The molecule has 2 aromatic heterocycles. The fourth-order valence-electron chi connectivity index (χ4n) is 1.62. The first-order valence-corrected chi connectivity index (χ1v) is 7.14. The number of nitrogens with zero attached hydrogens (tertiary/aromatic N) is 2. The number of halogens is 2. The Hall–Kier alpha value is -2.71. The van der Waals surface area contributed by atoms with Crippen LogP contribution in [0.5, 0.6) is 0 Å². The molecule has 7 nitrogen and oxygen atoms in total. The van der Waals surface area contributed by atoms with Crippen molar-refractivity contribution in [2.75, 3.05) is 13.2 Å². The summed E-state index contributed by atoms with van der Waals surface area (Å²) in [5.41, 5.74) is 1.02. The molecule has 3 rings (SSSR count). The van der Waals surface area contributed by atoms with Crippen LogP contribution in [0.1, 0.15) is 10.4 Å². The fraction of sp³-hybridized carbons (Fsp3) is 0.133. The van der Waals surface area contributed by atoms with Crippen LogP contribution in [0, 0.1) is 5.82 Å². The zero-order valence-corrected chi connectivity index (χ0v) is 13.0. The summed E-state index contributed by atoms with van der Waals surface area (Å²) in [6, 6.07) is 6.89. The van der Waals surface area contributed by atoms with E-state index in [1.165, 1.54) is 36.9 Å². The Morgan fingerprint density at radius 1 is 1.29 bits per heavy atom. The number of carbonyl (C=O) groups is 1. The minimum Gasteiger partial charge on any atom is -0.452 e. The zero-order valence-electron chi connectivity index (χ0n) is 12.3. The largest absolute Gasteiger partial charge is 0.452 e. The van der Waals surface area contributed by atoms with E-state index in [9.17, 15) is 9.18 Å². The van der Waals surface area contributed by atoms with Gasteiger partial charge in [0, 0.05) is 12.1 Å². The quantitative estimate of drug-likeness (QED) is 0.747. The van der Waals surface area contributed by atoms with Crippen LogP contribution in [-0.4, -0.2) is 34.3 Å². The summed E-state index contributed by atoms with van der Waals surface area (Å²) in [7, 11) is 0. The summed E-state index contributed by atoms with van der Waals surface area (Å²) < 4.78 is 21.8. The highest BCUT2D eigenvalue weighted by Crippen LogP contribution is 2.25. The van der Waals surface area contributed by atoms with E-state index in [1.54, 1.807) is 6.07 Å². The van der Waals surface area contributed by atoms with Crippen LogP contribution in [0.4, 0.5) is 4.39 Å². The molecule has 0 spiro atoms. The molecule has 0 atom stereocenters. The van der Waals surface area contributed by atoms with Gasteiger partial charge in [-0.3, -0.25) is 4.79 Å². The van der Waals surface area contributed by atoms with E-state index >= 15 is 0 Å². The van der Waals surface area contributed by atoms with Crippen molar-refractivity contribution in [1.82, 2.24) is 15.5 Å². The molecule has 0 saturated heterocycles. The lowest BCUT2D eigenvalue weighted by molar-refractivity contribution is 0.0944. The third kappa shape index (κ3) is 4.90. The van der Waals surface area contributed by atoms with Crippen LogP contribution in [0.25, 0.3) is 11.4 Å². The molecule has 3 aromatic rings. The number of aromatic nitrogens is 2. The van der Waals surface area contributed by atoms with Crippen LogP contribution in [-0.2, 0) is 0 Å². The highest BCUT2D eigenvalue weighted by Gasteiger charge is 2.09. The van der Waals surface area contributed by atoms with E-state index < -0.39 is 0 Å². The van der Waals surface area contributed by atoms with Gasteiger partial charge in [-0.2, -0.15) is 4.98 Å². The summed E-state index contributed by atoms with van der Waals surface area (Å²) in [6.07, 6.45) is 2.70. The minimum atomic E-state index is -0.376. The lowest BCUT2D eigenvalue weighted by Gasteiger charge is -2.01. The molecule has 1 amide bonds. The SMILES string of the molecule is Clc1occc1-c1ncon1.O=C(NCCO)c1ccc(F)cc1. The van der Waals surface area contributed by atoms with E-state index in [2.05, 4.69) is 20.0 Å². The fourth-order valence-corrected chi connectivity index (χ4v) is 1.81. The first-order chi connectivity index (χ1) is 11.6. The van der Waals surface area contributed by atoms with E-state index in [0.717, 1.165) is 0 Å². The number of nitrogens with one attached hydrogen (secondary N) is 1.